The number of hydrogen-bond donors (Lipinski definition) is 0. The molecule has 0 saturated heterocycles. The van der Waals surface area contributed by atoms with Gasteiger partial charge in [-0.05, 0) is 88.1 Å². The van der Waals surface area contributed by atoms with E-state index in [1.165, 1.54) is 140 Å². The van der Waals surface area contributed by atoms with Gasteiger partial charge in [0.15, 0.2) is 23.1 Å². The zero-order valence-electron chi connectivity index (χ0n) is 43.7. The van der Waals surface area contributed by atoms with E-state index in [9.17, 15) is 28.0 Å². The summed E-state index contributed by atoms with van der Waals surface area (Å²) in [7, 11) is 0. The molecule has 3 aromatic carbocycles. The quantitative estimate of drug-likeness (QED) is 0.0234. The lowest BCUT2D eigenvalue weighted by molar-refractivity contribution is -0.139. The van der Waals surface area contributed by atoms with Crippen molar-refractivity contribution in [2.24, 2.45) is 0 Å². The summed E-state index contributed by atoms with van der Waals surface area (Å²) in [5.41, 5.74) is 1.16. The predicted octanol–water partition coefficient (Wildman–Crippen LogP) is 16.3. The van der Waals surface area contributed by atoms with E-state index >= 15 is 0 Å². The lowest BCUT2D eigenvalue weighted by Gasteiger charge is -2.11. The summed E-state index contributed by atoms with van der Waals surface area (Å²) < 4.78 is 62.2. The predicted molar refractivity (Wildman–Crippen MR) is 281 cm³/mol. The zero-order chi connectivity index (χ0) is 52.0. The molecular weight excluding hydrogens is 919 g/mol. The van der Waals surface area contributed by atoms with Crippen LogP contribution in [0.5, 0.6) is 23.0 Å². The van der Waals surface area contributed by atoms with Crippen LogP contribution in [0.2, 0.25) is 0 Å². The maximum Gasteiger partial charge on any atom is 0.343 e. The van der Waals surface area contributed by atoms with Gasteiger partial charge in [-0.1, -0.05) is 167 Å². The second-order valence-electron chi connectivity index (χ2n) is 19.0. The SMILES string of the molecule is C=C(C)C(=O)OCCCCCCCCCCCCCCCCOc1ccc(C(=O)Oc2cc(F)c(OC(=O)c3ccc(OCCCCCCCCCCCCCCCCOC(=O)C(=C)C)cc3)cc2F)cc1. The Bertz CT molecular complexity index is 1890. The highest BCUT2D eigenvalue weighted by Gasteiger charge is 2.19. The Morgan fingerprint density at radius 3 is 0.861 bits per heavy atom. The van der Waals surface area contributed by atoms with Crippen molar-refractivity contribution >= 4 is 23.9 Å². The Labute approximate surface area is 429 Å². The van der Waals surface area contributed by atoms with Crippen LogP contribution in [0.3, 0.4) is 0 Å². The van der Waals surface area contributed by atoms with Gasteiger partial charge < -0.3 is 28.4 Å². The van der Waals surface area contributed by atoms with Gasteiger partial charge in [0.2, 0.25) is 0 Å². The van der Waals surface area contributed by atoms with Crippen LogP contribution < -0.4 is 18.9 Å². The first kappa shape index (κ1) is 60.8. The van der Waals surface area contributed by atoms with E-state index in [1.54, 1.807) is 38.1 Å². The normalized spacial score (nSPS) is 10.9. The van der Waals surface area contributed by atoms with Crippen LogP contribution >= 0.6 is 0 Å². The van der Waals surface area contributed by atoms with Crippen molar-refractivity contribution in [1.29, 1.82) is 0 Å². The first-order valence-corrected chi connectivity index (χ1v) is 27.0. The van der Waals surface area contributed by atoms with Crippen molar-refractivity contribution in [3.63, 3.8) is 0 Å². The number of ether oxygens (including phenoxy) is 6. The van der Waals surface area contributed by atoms with Gasteiger partial charge >= 0.3 is 23.9 Å². The summed E-state index contributed by atoms with van der Waals surface area (Å²) in [6.07, 6.45) is 32.8. The zero-order valence-corrected chi connectivity index (χ0v) is 43.7. The molecule has 10 nitrogen and oxygen atoms in total. The molecule has 0 heterocycles. The largest absolute Gasteiger partial charge is 0.494 e. The molecule has 0 spiro atoms. The smallest absolute Gasteiger partial charge is 0.343 e. The molecule has 0 atom stereocenters. The topological polar surface area (TPSA) is 124 Å². The summed E-state index contributed by atoms with van der Waals surface area (Å²) in [5.74, 6) is -4.59. The molecule has 0 saturated carbocycles. The minimum Gasteiger partial charge on any atom is -0.494 e. The number of carbonyl (C=O) groups is 4. The lowest BCUT2D eigenvalue weighted by Crippen LogP contribution is -2.12. The van der Waals surface area contributed by atoms with E-state index in [2.05, 4.69) is 13.2 Å². The molecule has 0 unspecified atom stereocenters. The van der Waals surface area contributed by atoms with Crippen LogP contribution in [0.4, 0.5) is 8.78 Å². The minimum absolute atomic E-state index is 0.132. The maximum atomic E-state index is 15.0. The summed E-state index contributed by atoms with van der Waals surface area (Å²) in [6, 6.07) is 13.9. The van der Waals surface area contributed by atoms with Crippen molar-refractivity contribution in [2.45, 2.75) is 194 Å². The van der Waals surface area contributed by atoms with E-state index in [0.717, 1.165) is 64.2 Å². The van der Waals surface area contributed by atoms with Gasteiger partial charge in [-0.15, -0.1) is 0 Å². The number of benzene rings is 3. The highest BCUT2D eigenvalue weighted by molar-refractivity contribution is 5.92. The van der Waals surface area contributed by atoms with E-state index in [1.807, 2.05) is 0 Å². The fraction of sp³-hybridized carbons (Fsp3) is 0.567. The van der Waals surface area contributed by atoms with Crippen LogP contribution in [-0.2, 0) is 19.1 Å². The lowest BCUT2D eigenvalue weighted by atomic mass is 10.0. The van der Waals surface area contributed by atoms with Gasteiger partial charge in [0.25, 0.3) is 0 Å². The monoisotopic (exact) mass is 1000 g/mol. The summed E-state index contributed by atoms with van der Waals surface area (Å²) in [6.45, 7) is 12.6. The third kappa shape index (κ3) is 27.9. The molecule has 0 N–H and O–H groups in total. The number of unbranched alkanes of at least 4 members (excludes halogenated alkanes) is 26. The van der Waals surface area contributed by atoms with Crippen LogP contribution in [0.15, 0.2) is 85.0 Å². The molecule has 0 bridgehead atoms. The highest BCUT2D eigenvalue weighted by Crippen LogP contribution is 2.29. The van der Waals surface area contributed by atoms with Crippen molar-refractivity contribution in [1.82, 2.24) is 0 Å². The number of esters is 4. The van der Waals surface area contributed by atoms with E-state index < -0.39 is 35.1 Å². The minimum atomic E-state index is -1.07. The Hall–Kier alpha value is -5.52. The van der Waals surface area contributed by atoms with E-state index in [-0.39, 0.29) is 23.1 Å². The average Bonchev–Trinajstić information content (AvgIpc) is 3.37. The van der Waals surface area contributed by atoms with Crippen molar-refractivity contribution in [3.8, 4) is 23.0 Å². The summed E-state index contributed by atoms with van der Waals surface area (Å²) in [5, 5.41) is 0. The molecule has 0 amide bonds. The fourth-order valence-electron chi connectivity index (χ4n) is 7.97. The van der Waals surface area contributed by atoms with Crippen molar-refractivity contribution in [3.05, 3.63) is 108 Å². The van der Waals surface area contributed by atoms with Gasteiger partial charge in [0.1, 0.15) is 11.5 Å². The van der Waals surface area contributed by atoms with E-state index in [4.69, 9.17) is 28.4 Å². The van der Waals surface area contributed by atoms with Gasteiger partial charge in [0, 0.05) is 23.3 Å². The molecule has 398 valence electrons. The second kappa shape index (κ2) is 38.1. The van der Waals surface area contributed by atoms with Crippen LogP contribution in [0.1, 0.15) is 214 Å². The average molecular weight is 1000 g/mol. The van der Waals surface area contributed by atoms with Crippen LogP contribution in [-0.4, -0.2) is 50.3 Å². The Kier molecular flexibility index (Phi) is 32.2. The van der Waals surface area contributed by atoms with Crippen molar-refractivity contribution in [2.75, 3.05) is 26.4 Å². The summed E-state index contributed by atoms with van der Waals surface area (Å²) >= 11 is 0. The Balaban J connectivity index is 1.18. The molecule has 12 heteroatoms. The molecule has 0 fully saturated rings. The number of rotatable bonds is 42. The van der Waals surface area contributed by atoms with Crippen LogP contribution in [0, 0.1) is 11.6 Å². The Morgan fingerprint density at radius 2 is 0.611 bits per heavy atom. The second-order valence-corrected chi connectivity index (χ2v) is 19.0. The third-order valence-electron chi connectivity index (χ3n) is 12.3. The number of carbonyl (C=O) groups excluding carboxylic acids is 4. The first-order chi connectivity index (χ1) is 34.9. The van der Waals surface area contributed by atoms with Crippen molar-refractivity contribution < 1.29 is 56.4 Å². The fourth-order valence-corrected chi connectivity index (χ4v) is 7.97. The maximum absolute atomic E-state index is 15.0. The molecule has 0 radical (unpaired) electrons. The van der Waals surface area contributed by atoms with Gasteiger partial charge in [0.05, 0.1) is 37.6 Å². The number of hydrogen-bond acceptors (Lipinski definition) is 10. The third-order valence-corrected chi connectivity index (χ3v) is 12.3. The first-order valence-electron chi connectivity index (χ1n) is 27.0. The molecule has 3 aromatic rings. The van der Waals surface area contributed by atoms with Crippen LogP contribution in [0.25, 0.3) is 0 Å². The molecule has 0 aliphatic carbocycles. The molecule has 72 heavy (non-hydrogen) atoms. The Morgan fingerprint density at radius 1 is 0.375 bits per heavy atom. The molecular formula is C60H84F2O10. The summed E-state index contributed by atoms with van der Waals surface area (Å²) in [4.78, 5) is 48.3. The molecule has 3 rings (SSSR count). The number of halogens is 2. The highest BCUT2D eigenvalue weighted by atomic mass is 19.1. The molecule has 0 aliphatic rings. The van der Waals surface area contributed by atoms with E-state index in [0.29, 0.717) is 61.2 Å². The van der Waals surface area contributed by atoms with Gasteiger partial charge in [-0.25, -0.2) is 28.0 Å². The van der Waals surface area contributed by atoms with Gasteiger partial charge in [-0.2, -0.15) is 0 Å². The van der Waals surface area contributed by atoms with Gasteiger partial charge in [-0.3, -0.25) is 0 Å². The standard InChI is InChI=1S/C60H84F2O10/c1-47(2)57(63)69-43-31-27-23-19-15-11-7-5-9-13-17-21-25-29-41-67-51-37-33-49(34-38-51)59(65)71-55-45-54(62)56(46-53(55)61)72-60(66)50-35-39-52(40-36-50)68-42-30-26-22-18-14-10-6-8-12-16-20-24-28-32-44-70-58(64)48(3)4/h33-40,45-46H,1,3,5-32,41-44H2,2,4H3. The molecule has 0 aliphatic heterocycles. The molecule has 0 aromatic heterocycles.